The van der Waals surface area contributed by atoms with E-state index < -0.39 is 5.97 Å². The molecule has 3 rings (SSSR count). The Labute approximate surface area is 167 Å². The van der Waals surface area contributed by atoms with Crippen LogP contribution in [0, 0.1) is 13.8 Å². The van der Waals surface area contributed by atoms with Crippen molar-refractivity contribution in [2.45, 2.75) is 25.3 Å². The molecule has 0 spiro atoms. The largest absolute Gasteiger partial charge is 0.454 e. The molecule has 1 N–H and O–H groups in total. The van der Waals surface area contributed by atoms with Crippen LogP contribution >= 0.6 is 11.8 Å². The minimum atomic E-state index is -0.476. The summed E-state index contributed by atoms with van der Waals surface area (Å²) in [7, 11) is 0. The van der Waals surface area contributed by atoms with E-state index in [1.54, 1.807) is 31.2 Å². The maximum Gasteiger partial charge on any atom is 0.339 e. The molecular formula is C21H20N2O4S. The lowest BCUT2D eigenvalue weighted by Crippen LogP contribution is -2.14. The van der Waals surface area contributed by atoms with Crippen molar-refractivity contribution < 1.29 is 18.8 Å². The molecule has 144 valence electrons. The standard InChI is InChI=1S/C21H20N2O4S/c1-14-7-9-16(10-8-14)22-20(24)13-28-19-6-4-3-5-18(19)21(25)26-12-17-11-15(2)23-27-17/h3-11H,12-13H2,1-2H3,(H,22,24). The number of carbonyl (C=O) groups excluding carboxylic acids is 2. The van der Waals surface area contributed by atoms with Crippen molar-refractivity contribution in [1.82, 2.24) is 5.16 Å². The van der Waals surface area contributed by atoms with Gasteiger partial charge in [-0.15, -0.1) is 11.8 Å². The third-order valence-corrected chi connectivity index (χ3v) is 4.90. The number of benzene rings is 2. The van der Waals surface area contributed by atoms with E-state index in [4.69, 9.17) is 9.26 Å². The number of hydrogen-bond acceptors (Lipinski definition) is 6. The number of nitrogens with one attached hydrogen (secondary N) is 1. The van der Waals surface area contributed by atoms with Crippen LogP contribution < -0.4 is 5.32 Å². The van der Waals surface area contributed by atoms with Gasteiger partial charge in [-0.3, -0.25) is 4.79 Å². The second-order valence-corrected chi connectivity index (χ2v) is 7.23. The number of hydrogen-bond donors (Lipinski definition) is 1. The summed E-state index contributed by atoms with van der Waals surface area (Å²) in [6.07, 6.45) is 0. The molecular weight excluding hydrogens is 376 g/mol. The zero-order valence-electron chi connectivity index (χ0n) is 15.6. The molecule has 7 heteroatoms. The summed E-state index contributed by atoms with van der Waals surface area (Å²) in [4.78, 5) is 25.3. The number of amides is 1. The second-order valence-electron chi connectivity index (χ2n) is 6.21. The molecule has 0 atom stereocenters. The molecule has 2 aromatic carbocycles. The maximum absolute atomic E-state index is 12.4. The summed E-state index contributed by atoms with van der Waals surface area (Å²) >= 11 is 1.28. The molecule has 28 heavy (non-hydrogen) atoms. The number of thioether (sulfide) groups is 1. The van der Waals surface area contributed by atoms with E-state index in [2.05, 4.69) is 10.5 Å². The summed E-state index contributed by atoms with van der Waals surface area (Å²) in [6, 6.07) is 16.3. The predicted octanol–water partition coefficient (Wildman–Crippen LogP) is 4.38. The predicted molar refractivity (Wildman–Crippen MR) is 107 cm³/mol. The Hall–Kier alpha value is -3.06. The number of ether oxygens (including phenoxy) is 1. The summed E-state index contributed by atoms with van der Waals surface area (Å²) < 4.78 is 10.3. The van der Waals surface area contributed by atoms with E-state index in [1.165, 1.54) is 11.8 Å². The fourth-order valence-corrected chi connectivity index (χ4v) is 3.28. The molecule has 1 aromatic heterocycles. The van der Waals surface area contributed by atoms with Gasteiger partial charge in [0.15, 0.2) is 12.4 Å². The van der Waals surface area contributed by atoms with E-state index >= 15 is 0 Å². The van der Waals surface area contributed by atoms with Crippen LogP contribution in [0.2, 0.25) is 0 Å². The lowest BCUT2D eigenvalue weighted by atomic mass is 10.2. The Bertz CT molecular complexity index is 967. The Morgan fingerprint density at radius 3 is 2.57 bits per heavy atom. The van der Waals surface area contributed by atoms with Crippen molar-refractivity contribution in [1.29, 1.82) is 0 Å². The van der Waals surface area contributed by atoms with E-state index in [-0.39, 0.29) is 18.3 Å². The average Bonchev–Trinajstić information content (AvgIpc) is 3.12. The molecule has 0 bridgehead atoms. The number of anilines is 1. The van der Waals surface area contributed by atoms with Gasteiger partial charge in [0.2, 0.25) is 5.91 Å². The molecule has 1 amide bonds. The van der Waals surface area contributed by atoms with Gasteiger partial charge in [-0.2, -0.15) is 0 Å². The van der Waals surface area contributed by atoms with Crippen molar-refractivity contribution in [3.8, 4) is 0 Å². The SMILES string of the molecule is Cc1ccc(NC(=O)CSc2ccccc2C(=O)OCc2cc(C)no2)cc1. The summed E-state index contributed by atoms with van der Waals surface area (Å²) in [5.41, 5.74) is 3.00. The van der Waals surface area contributed by atoms with E-state index in [0.29, 0.717) is 16.2 Å². The highest BCUT2D eigenvalue weighted by molar-refractivity contribution is 8.00. The van der Waals surface area contributed by atoms with Crippen LogP contribution in [0.4, 0.5) is 5.69 Å². The molecule has 0 aliphatic rings. The Morgan fingerprint density at radius 1 is 1.11 bits per heavy atom. The highest BCUT2D eigenvalue weighted by Crippen LogP contribution is 2.24. The van der Waals surface area contributed by atoms with Gasteiger partial charge in [-0.25, -0.2) is 4.79 Å². The topological polar surface area (TPSA) is 81.4 Å². The van der Waals surface area contributed by atoms with Crippen molar-refractivity contribution in [2.24, 2.45) is 0 Å². The fourth-order valence-electron chi connectivity index (χ4n) is 2.44. The molecule has 6 nitrogen and oxygen atoms in total. The van der Waals surface area contributed by atoms with Gasteiger partial charge in [0.05, 0.1) is 17.0 Å². The first-order chi connectivity index (χ1) is 13.5. The summed E-state index contributed by atoms with van der Waals surface area (Å²) in [5.74, 6) is 0.0399. The molecule has 0 aliphatic carbocycles. The molecule has 0 radical (unpaired) electrons. The van der Waals surface area contributed by atoms with Crippen LogP contribution in [-0.2, 0) is 16.1 Å². The highest BCUT2D eigenvalue weighted by atomic mass is 32.2. The fraction of sp³-hybridized carbons (Fsp3) is 0.190. The van der Waals surface area contributed by atoms with Crippen LogP contribution in [-0.4, -0.2) is 22.8 Å². The highest BCUT2D eigenvalue weighted by Gasteiger charge is 2.15. The van der Waals surface area contributed by atoms with E-state index in [9.17, 15) is 9.59 Å². The zero-order valence-corrected chi connectivity index (χ0v) is 16.4. The van der Waals surface area contributed by atoms with E-state index in [0.717, 1.165) is 16.9 Å². The molecule has 0 unspecified atom stereocenters. The van der Waals surface area contributed by atoms with Gasteiger partial charge < -0.3 is 14.6 Å². The van der Waals surface area contributed by atoms with Crippen molar-refractivity contribution >= 4 is 29.3 Å². The lowest BCUT2D eigenvalue weighted by molar-refractivity contribution is -0.113. The summed E-state index contributed by atoms with van der Waals surface area (Å²) in [6.45, 7) is 3.79. The number of esters is 1. The third kappa shape index (κ3) is 5.47. The van der Waals surface area contributed by atoms with Crippen molar-refractivity contribution in [3.05, 3.63) is 77.2 Å². The van der Waals surface area contributed by atoms with Crippen molar-refractivity contribution in [3.63, 3.8) is 0 Å². The van der Waals surface area contributed by atoms with Crippen LogP contribution in [0.3, 0.4) is 0 Å². The number of carbonyl (C=O) groups is 2. The quantitative estimate of drug-likeness (QED) is 0.471. The first kappa shape index (κ1) is 19.7. The number of nitrogens with zero attached hydrogens (tertiary/aromatic N) is 1. The Kier molecular flexibility index (Phi) is 6.49. The van der Waals surface area contributed by atoms with Gasteiger partial charge in [0.1, 0.15) is 0 Å². The zero-order chi connectivity index (χ0) is 19.9. The van der Waals surface area contributed by atoms with Gasteiger partial charge in [0, 0.05) is 16.6 Å². The van der Waals surface area contributed by atoms with Gasteiger partial charge in [0.25, 0.3) is 0 Å². The maximum atomic E-state index is 12.4. The first-order valence-electron chi connectivity index (χ1n) is 8.69. The molecule has 3 aromatic rings. The van der Waals surface area contributed by atoms with Crippen LogP contribution in [0.15, 0.2) is 64.0 Å². The van der Waals surface area contributed by atoms with Crippen LogP contribution in [0.1, 0.15) is 27.4 Å². The van der Waals surface area contributed by atoms with Gasteiger partial charge in [-0.05, 0) is 38.1 Å². The van der Waals surface area contributed by atoms with Gasteiger partial charge in [-0.1, -0.05) is 35.0 Å². The monoisotopic (exact) mass is 396 g/mol. The number of aromatic nitrogens is 1. The smallest absolute Gasteiger partial charge is 0.339 e. The molecule has 0 saturated heterocycles. The normalized spacial score (nSPS) is 10.5. The molecule has 0 fully saturated rings. The minimum absolute atomic E-state index is 0.00653. The second kappa shape index (κ2) is 9.23. The first-order valence-corrected chi connectivity index (χ1v) is 9.67. The Morgan fingerprint density at radius 2 is 1.86 bits per heavy atom. The minimum Gasteiger partial charge on any atom is -0.454 e. The third-order valence-electron chi connectivity index (χ3n) is 3.82. The number of aryl methyl sites for hydroxylation is 2. The van der Waals surface area contributed by atoms with Crippen molar-refractivity contribution in [2.75, 3.05) is 11.1 Å². The molecule has 1 heterocycles. The average molecular weight is 396 g/mol. The molecule has 0 saturated carbocycles. The lowest BCUT2D eigenvalue weighted by Gasteiger charge is -2.09. The molecule has 0 aliphatic heterocycles. The van der Waals surface area contributed by atoms with Crippen LogP contribution in [0.5, 0.6) is 0 Å². The van der Waals surface area contributed by atoms with Crippen LogP contribution in [0.25, 0.3) is 0 Å². The number of rotatable bonds is 7. The summed E-state index contributed by atoms with van der Waals surface area (Å²) in [5, 5.41) is 6.60. The van der Waals surface area contributed by atoms with Gasteiger partial charge >= 0.3 is 5.97 Å². The Balaban J connectivity index is 1.57. The van der Waals surface area contributed by atoms with E-state index in [1.807, 2.05) is 37.3 Å².